The van der Waals surface area contributed by atoms with E-state index in [0.717, 1.165) is 0 Å². The molecular formula is C10H11F2NO2. The van der Waals surface area contributed by atoms with Gasteiger partial charge in [0.1, 0.15) is 5.69 Å². The van der Waals surface area contributed by atoms with Gasteiger partial charge in [0.15, 0.2) is 0 Å². The molecule has 0 N–H and O–H groups in total. The first-order chi connectivity index (χ1) is 7.06. The van der Waals surface area contributed by atoms with Gasteiger partial charge in [0.05, 0.1) is 13.5 Å². The van der Waals surface area contributed by atoms with Crippen LogP contribution in [0.3, 0.4) is 0 Å². The van der Waals surface area contributed by atoms with Crippen molar-refractivity contribution in [2.75, 3.05) is 7.11 Å². The molecule has 1 aromatic rings. The van der Waals surface area contributed by atoms with E-state index in [0.29, 0.717) is 11.1 Å². The highest BCUT2D eigenvalue weighted by Crippen LogP contribution is 2.22. The van der Waals surface area contributed by atoms with E-state index in [1.54, 1.807) is 0 Å². The van der Waals surface area contributed by atoms with E-state index in [1.807, 2.05) is 0 Å². The Morgan fingerprint density at radius 3 is 2.80 bits per heavy atom. The standard InChI is InChI=1S/C10H11F2NO2/c1-6-7(5-8(14)15-2)3-4-13-9(6)10(11)12/h3-4,10H,5H2,1-2H3. The van der Waals surface area contributed by atoms with Gasteiger partial charge in [-0.2, -0.15) is 0 Å². The van der Waals surface area contributed by atoms with E-state index in [-0.39, 0.29) is 12.1 Å². The number of carbonyl (C=O) groups is 1. The molecule has 0 saturated carbocycles. The molecule has 1 rings (SSSR count). The third-order valence-corrected chi connectivity index (χ3v) is 2.12. The molecule has 1 heterocycles. The highest BCUT2D eigenvalue weighted by molar-refractivity contribution is 5.72. The summed E-state index contributed by atoms with van der Waals surface area (Å²) in [6, 6.07) is 1.54. The Hall–Kier alpha value is -1.52. The molecule has 0 amide bonds. The Balaban J connectivity index is 2.99. The molecule has 3 nitrogen and oxygen atoms in total. The van der Waals surface area contributed by atoms with Gasteiger partial charge in [0.25, 0.3) is 6.43 Å². The summed E-state index contributed by atoms with van der Waals surface area (Å²) in [5.74, 6) is -0.454. The van der Waals surface area contributed by atoms with E-state index >= 15 is 0 Å². The number of rotatable bonds is 3. The number of pyridine rings is 1. The molecule has 82 valence electrons. The summed E-state index contributed by atoms with van der Waals surface area (Å²) < 4.78 is 29.4. The van der Waals surface area contributed by atoms with Gasteiger partial charge < -0.3 is 4.74 Å². The Bertz CT molecular complexity index is 366. The Kier molecular flexibility index (Phi) is 3.71. The molecule has 0 unspecified atom stereocenters. The van der Waals surface area contributed by atoms with E-state index in [9.17, 15) is 13.6 Å². The lowest BCUT2D eigenvalue weighted by atomic mass is 10.1. The second-order valence-electron chi connectivity index (χ2n) is 3.03. The number of methoxy groups -OCH3 is 1. The molecule has 0 spiro atoms. The monoisotopic (exact) mass is 215 g/mol. The molecule has 0 aliphatic rings. The summed E-state index contributed by atoms with van der Waals surface area (Å²) in [7, 11) is 1.26. The van der Waals surface area contributed by atoms with Gasteiger partial charge in [-0.1, -0.05) is 0 Å². The van der Waals surface area contributed by atoms with E-state index in [2.05, 4.69) is 9.72 Å². The molecule has 0 saturated heterocycles. The number of aromatic nitrogens is 1. The van der Waals surface area contributed by atoms with E-state index in [4.69, 9.17) is 0 Å². The van der Waals surface area contributed by atoms with Crippen molar-refractivity contribution >= 4 is 5.97 Å². The molecule has 0 aliphatic heterocycles. The quantitative estimate of drug-likeness (QED) is 0.724. The SMILES string of the molecule is COC(=O)Cc1ccnc(C(F)F)c1C. The maximum atomic E-state index is 12.4. The van der Waals surface area contributed by atoms with Crippen molar-refractivity contribution in [3.8, 4) is 0 Å². The number of esters is 1. The minimum absolute atomic E-state index is 0.00935. The van der Waals surface area contributed by atoms with Gasteiger partial charge in [-0.3, -0.25) is 9.78 Å². The van der Waals surface area contributed by atoms with Crippen LogP contribution in [0.5, 0.6) is 0 Å². The highest BCUT2D eigenvalue weighted by atomic mass is 19.3. The third kappa shape index (κ3) is 2.71. The Labute approximate surface area is 86.1 Å². The summed E-state index contributed by atoms with van der Waals surface area (Å²) in [5.41, 5.74) is 0.585. The number of carbonyl (C=O) groups excluding carboxylic acids is 1. The first-order valence-corrected chi connectivity index (χ1v) is 4.35. The lowest BCUT2D eigenvalue weighted by Crippen LogP contribution is -2.08. The number of alkyl halides is 2. The van der Waals surface area contributed by atoms with Crippen molar-refractivity contribution in [2.45, 2.75) is 19.8 Å². The van der Waals surface area contributed by atoms with Crippen molar-refractivity contribution in [2.24, 2.45) is 0 Å². The van der Waals surface area contributed by atoms with Crippen LogP contribution in [0.15, 0.2) is 12.3 Å². The summed E-state index contributed by atoms with van der Waals surface area (Å²) in [4.78, 5) is 14.6. The average Bonchev–Trinajstić information content (AvgIpc) is 2.20. The second-order valence-corrected chi connectivity index (χ2v) is 3.03. The van der Waals surface area contributed by atoms with Gasteiger partial charge in [-0.15, -0.1) is 0 Å². The zero-order valence-corrected chi connectivity index (χ0v) is 8.46. The zero-order valence-electron chi connectivity index (χ0n) is 8.46. The van der Waals surface area contributed by atoms with E-state index < -0.39 is 12.4 Å². The summed E-state index contributed by atoms with van der Waals surface area (Å²) in [6.45, 7) is 1.52. The third-order valence-electron chi connectivity index (χ3n) is 2.12. The summed E-state index contributed by atoms with van der Waals surface area (Å²) in [6.07, 6.45) is -1.36. The highest BCUT2D eigenvalue weighted by Gasteiger charge is 2.15. The fourth-order valence-electron chi connectivity index (χ4n) is 1.23. The van der Waals surface area contributed by atoms with Crippen LogP contribution in [0.2, 0.25) is 0 Å². The molecule has 0 radical (unpaired) electrons. The molecule has 0 fully saturated rings. The zero-order chi connectivity index (χ0) is 11.4. The fourth-order valence-corrected chi connectivity index (χ4v) is 1.23. The minimum atomic E-state index is -2.62. The maximum Gasteiger partial charge on any atom is 0.309 e. The molecule has 15 heavy (non-hydrogen) atoms. The second kappa shape index (κ2) is 4.82. The van der Waals surface area contributed by atoms with Crippen LogP contribution in [-0.4, -0.2) is 18.1 Å². The first kappa shape index (κ1) is 11.6. The van der Waals surface area contributed by atoms with Gasteiger partial charge >= 0.3 is 5.97 Å². The Morgan fingerprint density at radius 1 is 1.60 bits per heavy atom. The maximum absolute atomic E-state index is 12.4. The number of ether oxygens (including phenoxy) is 1. The first-order valence-electron chi connectivity index (χ1n) is 4.35. The molecule has 0 aliphatic carbocycles. The topological polar surface area (TPSA) is 39.2 Å². The summed E-state index contributed by atoms with van der Waals surface area (Å²) in [5, 5.41) is 0. The largest absolute Gasteiger partial charge is 0.469 e. The summed E-state index contributed by atoms with van der Waals surface area (Å²) >= 11 is 0. The molecule has 5 heteroatoms. The van der Waals surface area contributed by atoms with Crippen molar-refractivity contribution in [1.29, 1.82) is 0 Å². The molecule has 0 bridgehead atoms. The van der Waals surface area contributed by atoms with Crippen molar-refractivity contribution in [3.05, 3.63) is 29.1 Å². The number of nitrogens with zero attached hydrogens (tertiary/aromatic N) is 1. The van der Waals surface area contributed by atoms with Crippen LogP contribution in [0.1, 0.15) is 23.2 Å². The average molecular weight is 215 g/mol. The van der Waals surface area contributed by atoms with Crippen molar-refractivity contribution < 1.29 is 18.3 Å². The van der Waals surface area contributed by atoms with Crippen LogP contribution < -0.4 is 0 Å². The number of hydrogen-bond donors (Lipinski definition) is 0. The lowest BCUT2D eigenvalue weighted by Gasteiger charge is -2.08. The predicted octanol–water partition coefficient (Wildman–Crippen LogP) is 2.04. The van der Waals surface area contributed by atoms with Gasteiger partial charge in [0.2, 0.25) is 0 Å². The number of halogens is 2. The van der Waals surface area contributed by atoms with Crippen LogP contribution >= 0.6 is 0 Å². The molecule has 1 aromatic heterocycles. The minimum Gasteiger partial charge on any atom is -0.469 e. The molecule has 0 atom stereocenters. The van der Waals surface area contributed by atoms with Crippen LogP contribution in [0.25, 0.3) is 0 Å². The van der Waals surface area contributed by atoms with Crippen molar-refractivity contribution in [1.82, 2.24) is 4.98 Å². The Morgan fingerprint density at radius 2 is 2.27 bits per heavy atom. The number of hydrogen-bond acceptors (Lipinski definition) is 3. The van der Waals surface area contributed by atoms with Gasteiger partial charge in [-0.25, -0.2) is 8.78 Å². The fraction of sp³-hybridized carbons (Fsp3) is 0.400. The normalized spacial score (nSPS) is 10.5. The van der Waals surface area contributed by atoms with Gasteiger partial charge in [0, 0.05) is 6.20 Å². The molecule has 0 aromatic carbocycles. The van der Waals surface area contributed by atoms with Crippen molar-refractivity contribution in [3.63, 3.8) is 0 Å². The lowest BCUT2D eigenvalue weighted by molar-refractivity contribution is -0.139. The predicted molar refractivity (Wildman–Crippen MR) is 49.7 cm³/mol. The van der Waals surface area contributed by atoms with Gasteiger partial charge in [-0.05, 0) is 24.1 Å². The van der Waals surface area contributed by atoms with Crippen LogP contribution in [0, 0.1) is 6.92 Å². The van der Waals surface area contributed by atoms with Crippen LogP contribution in [0.4, 0.5) is 8.78 Å². The molecular weight excluding hydrogens is 204 g/mol. The smallest absolute Gasteiger partial charge is 0.309 e. The van der Waals surface area contributed by atoms with Crippen LogP contribution in [-0.2, 0) is 16.0 Å². The van der Waals surface area contributed by atoms with E-state index in [1.165, 1.54) is 26.3 Å².